The van der Waals surface area contributed by atoms with Gasteiger partial charge >= 0.3 is 0 Å². The van der Waals surface area contributed by atoms with E-state index in [1.54, 1.807) is 19.2 Å². The Kier molecular flexibility index (Phi) is 5.40. The predicted octanol–water partition coefficient (Wildman–Crippen LogP) is 2.54. The van der Waals surface area contributed by atoms with Gasteiger partial charge in [0.05, 0.1) is 6.61 Å². The number of furan rings is 1. The minimum atomic E-state index is -0.256. The van der Waals surface area contributed by atoms with Crippen molar-refractivity contribution < 1.29 is 18.7 Å². The zero-order valence-corrected chi connectivity index (χ0v) is 12.2. The number of benzene rings is 1. The summed E-state index contributed by atoms with van der Waals surface area (Å²) in [5.74, 6) is 1.40. The lowest BCUT2D eigenvalue weighted by Crippen LogP contribution is -2.26. The largest absolute Gasteiger partial charge is 0.486 e. The average Bonchev–Trinajstić information content (AvgIpc) is 2.94. The predicted molar refractivity (Wildman–Crippen MR) is 78.4 cm³/mol. The molecule has 112 valence electrons. The van der Waals surface area contributed by atoms with Crippen LogP contribution in [-0.4, -0.2) is 26.2 Å². The van der Waals surface area contributed by atoms with Crippen molar-refractivity contribution in [3.8, 4) is 5.75 Å². The standard InChI is InChI=1S/C16H19NO4/c1-12-4-3-5-13(10-12)20-11-14-6-7-15(21-14)16(18)17-8-9-19-2/h3-7,10H,8-9,11H2,1-2H3,(H,17,18). The Bertz CT molecular complexity index is 591. The van der Waals surface area contributed by atoms with Crippen LogP contribution >= 0.6 is 0 Å². The highest BCUT2D eigenvalue weighted by Crippen LogP contribution is 2.15. The summed E-state index contributed by atoms with van der Waals surface area (Å²) in [6.07, 6.45) is 0. The first-order valence-electron chi connectivity index (χ1n) is 6.74. The number of hydrogen-bond donors (Lipinski definition) is 1. The van der Waals surface area contributed by atoms with Crippen LogP contribution in [0.3, 0.4) is 0 Å². The molecule has 0 aliphatic rings. The smallest absolute Gasteiger partial charge is 0.287 e. The summed E-state index contributed by atoms with van der Waals surface area (Å²) in [5, 5.41) is 2.70. The molecule has 1 aromatic carbocycles. The maximum absolute atomic E-state index is 11.8. The highest BCUT2D eigenvalue weighted by Gasteiger charge is 2.10. The van der Waals surface area contributed by atoms with Crippen molar-refractivity contribution in [3.05, 3.63) is 53.5 Å². The Morgan fingerprint density at radius 3 is 2.90 bits per heavy atom. The summed E-state index contributed by atoms with van der Waals surface area (Å²) in [6.45, 7) is 3.21. The molecule has 0 bridgehead atoms. The van der Waals surface area contributed by atoms with Crippen LogP contribution in [0.1, 0.15) is 21.9 Å². The second-order valence-corrected chi connectivity index (χ2v) is 4.62. The molecule has 1 N–H and O–H groups in total. The molecule has 1 aromatic heterocycles. The third-order valence-electron chi connectivity index (χ3n) is 2.85. The molecule has 0 aliphatic carbocycles. The second kappa shape index (κ2) is 7.50. The average molecular weight is 289 g/mol. The molecule has 0 spiro atoms. The quantitative estimate of drug-likeness (QED) is 0.796. The van der Waals surface area contributed by atoms with E-state index < -0.39 is 0 Å². The number of carbonyl (C=O) groups is 1. The van der Waals surface area contributed by atoms with Gasteiger partial charge < -0.3 is 19.2 Å². The van der Waals surface area contributed by atoms with Crippen LogP contribution < -0.4 is 10.1 Å². The van der Waals surface area contributed by atoms with Crippen LogP contribution in [0.5, 0.6) is 5.75 Å². The number of amides is 1. The number of nitrogens with one attached hydrogen (secondary N) is 1. The maximum Gasteiger partial charge on any atom is 0.287 e. The Balaban J connectivity index is 1.86. The third-order valence-corrected chi connectivity index (χ3v) is 2.85. The fourth-order valence-corrected chi connectivity index (χ4v) is 1.79. The van der Waals surface area contributed by atoms with Gasteiger partial charge in [-0.3, -0.25) is 4.79 Å². The fourth-order valence-electron chi connectivity index (χ4n) is 1.79. The van der Waals surface area contributed by atoms with Gasteiger partial charge in [0.1, 0.15) is 18.1 Å². The first kappa shape index (κ1) is 15.1. The Morgan fingerprint density at radius 1 is 1.29 bits per heavy atom. The number of rotatable bonds is 7. The lowest BCUT2D eigenvalue weighted by Gasteiger charge is -2.05. The SMILES string of the molecule is COCCNC(=O)c1ccc(COc2cccc(C)c2)o1. The number of methoxy groups -OCH3 is 1. The molecule has 0 fully saturated rings. The molecular weight excluding hydrogens is 270 g/mol. The van der Waals surface area contributed by atoms with Crippen molar-refractivity contribution in [1.29, 1.82) is 0 Å². The molecule has 2 rings (SSSR count). The molecule has 0 unspecified atom stereocenters. The van der Waals surface area contributed by atoms with Crippen molar-refractivity contribution in [2.24, 2.45) is 0 Å². The summed E-state index contributed by atoms with van der Waals surface area (Å²) in [7, 11) is 1.58. The van der Waals surface area contributed by atoms with Crippen molar-refractivity contribution in [1.82, 2.24) is 5.32 Å². The Hall–Kier alpha value is -2.27. The summed E-state index contributed by atoms with van der Waals surface area (Å²) in [5.41, 5.74) is 1.13. The van der Waals surface area contributed by atoms with Gasteiger partial charge in [-0.25, -0.2) is 0 Å². The van der Waals surface area contributed by atoms with Crippen LogP contribution in [0.25, 0.3) is 0 Å². The summed E-state index contributed by atoms with van der Waals surface area (Å²) < 4.78 is 15.9. The van der Waals surface area contributed by atoms with Gasteiger partial charge in [0.25, 0.3) is 5.91 Å². The maximum atomic E-state index is 11.8. The highest BCUT2D eigenvalue weighted by atomic mass is 16.5. The van der Waals surface area contributed by atoms with E-state index in [4.69, 9.17) is 13.9 Å². The number of ether oxygens (including phenoxy) is 2. The van der Waals surface area contributed by atoms with E-state index in [0.29, 0.717) is 18.9 Å². The first-order chi connectivity index (χ1) is 10.2. The molecule has 0 saturated carbocycles. The van der Waals surface area contributed by atoms with E-state index in [2.05, 4.69) is 5.32 Å². The molecule has 5 heteroatoms. The molecule has 1 heterocycles. The van der Waals surface area contributed by atoms with Gasteiger partial charge in [0.2, 0.25) is 0 Å². The van der Waals surface area contributed by atoms with Crippen LogP contribution in [0.2, 0.25) is 0 Å². The minimum Gasteiger partial charge on any atom is -0.486 e. The molecule has 1 amide bonds. The van der Waals surface area contributed by atoms with Crippen LogP contribution in [0.4, 0.5) is 0 Å². The van der Waals surface area contributed by atoms with Gasteiger partial charge in [0, 0.05) is 13.7 Å². The third kappa shape index (κ3) is 4.65. The molecule has 5 nitrogen and oxygen atoms in total. The lowest BCUT2D eigenvalue weighted by atomic mass is 10.2. The fraction of sp³-hybridized carbons (Fsp3) is 0.312. The van der Waals surface area contributed by atoms with E-state index in [9.17, 15) is 4.79 Å². The molecule has 21 heavy (non-hydrogen) atoms. The number of carbonyl (C=O) groups excluding carboxylic acids is 1. The van der Waals surface area contributed by atoms with Crippen molar-refractivity contribution >= 4 is 5.91 Å². The highest BCUT2D eigenvalue weighted by molar-refractivity contribution is 5.91. The van der Waals surface area contributed by atoms with Crippen molar-refractivity contribution in [2.75, 3.05) is 20.3 Å². The summed E-state index contributed by atoms with van der Waals surface area (Å²) in [4.78, 5) is 11.8. The zero-order valence-electron chi connectivity index (χ0n) is 12.2. The van der Waals surface area contributed by atoms with Gasteiger partial charge in [-0.2, -0.15) is 0 Å². The zero-order chi connectivity index (χ0) is 15.1. The summed E-state index contributed by atoms with van der Waals surface area (Å²) >= 11 is 0. The Labute approximate surface area is 123 Å². The molecule has 0 atom stereocenters. The van der Waals surface area contributed by atoms with Gasteiger partial charge in [0.15, 0.2) is 5.76 Å². The van der Waals surface area contributed by atoms with Crippen molar-refractivity contribution in [3.63, 3.8) is 0 Å². The summed E-state index contributed by atoms with van der Waals surface area (Å²) in [6, 6.07) is 11.1. The molecular formula is C16H19NO4. The van der Waals surface area contributed by atoms with E-state index >= 15 is 0 Å². The minimum absolute atomic E-state index is 0.256. The number of hydrogen-bond acceptors (Lipinski definition) is 4. The molecule has 0 aliphatic heterocycles. The Morgan fingerprint density at radius 2 is 2.14 bits per heavy atom. The molecule has 0 radical (unpaired) electrons. The first-order valence-corrected chi connectivity index (χ1v) is 6.74. The van der Waals surface area contributed by atoms with Crippen LogP contribution in [-0.2, 0) is 11.3 Å². The van der Waals surface area contributed by atoms with Gasteiger partial charge in [-0.05, 0) is 36.8 Å². The molecule has 0 saturated heterocycles. The van der Waals surface area contributed by atoms with Crippen molar-refractivity contribution in [2.45, 2.75) is 13.5 Å². The van der Waals surface area contributed by atoms with Crippen LogP contribution in [0, 0.1) is 6.92 Å². The second-order valence-electron chi connectivity index (χ2n) is 4.62. The topological polar surface area (TPSA) is 60.7 Å². The van der Waals surface area contributed by atoms with Crippen LogP contribution in [0.15, 0.2) is 40.8 Å². The normalized spacial score (nSPS) is 10.4. The van der Waals surface area contributed by atoms with E-state index in [1.807, 2.05) is 31.2 Å². The number of aryl methyl sites for hydroxylation is 1. The van der Waals surface area contributed by atoms with E-state index in [1.165, 1.54) is 0 Å². The monoisotopic (exact) mass is 289 g/mol. The van der Waals surface area contributed by atoms with Gasteiger partial charge in [-0.15, -0.1) is 0 Å². The lowest BCUT2D eigenvalue weighted by molar-refractivity contribution is 0.0905. The van der Waals surface area contributed by atoms with E-state index in [0.717, 1.165) is 11.3 Å². The van der Waals surface area contributed by atoms with E-state index in [-0.39, 0.29) is 18.3 Å². The molecule has 2 aromatic rings. The van der Waals surface area contributed by atoms with Gasteiger partial charge in [-0.1, -0.05) is 12.1 Å².